The minimum atomic E-state index is -0.360. The molecule has 0 amide bonds. The van der Waals surface area contributed by atoms with Crippen molar-refractivity contribution in [2.24, 2.45) is 0 Å². The molecule has 1 heterocycles. The van der Waals surface area contributed by atoms with Crippen LogP contribution in [0.1, 0.15) is 12.6 Å². The first kappa shape index (κ1) is 7.78. The van der Waals surface area contributed by atoms with Gasteiger partial charge in [-0.25, -0.2) is 0 Å². The predicted molar refractivity (Wildman–Crippen MR) is 41.5 cm³/mol. The molecule has 4 heteroatoms. The first-order valence-corrected chi connectivity index (χ1v) is 3.47. The summed E-state index contributed by atoms with van der Waals surface area (Å²) in [5.74, 6) is 0. The van der Waals surface area contributed by atoms with E-state index < -0.39 is 0 Å². The lowest BCUT2D eigenvalue weighted by molar-refractivity contribution is -0.385. The molecule has 0 spiro atoms. The van der Waals surface area contributed by atoms with Crippen LogP contribution in [0.2, 0.25) is 0 Å². The second-order valence-corrected chi connectivity index (χ2v) is 2.33. The number of nitrogens with zero attached hydrogens (tertiary/aromatic N) is 2. The monoisotopic (exact) mass is 154 g/mol. The van der Waals surface area contributed by atoms with Crippen molar-refractivity contribution in [3.8, 4) is 0 Å². The largest absolute Gasteiger partial charge is 0.346 e. The molecular formula is C7H10N2O2. The van der Waals surface area contributed by atoms with Crippen LogP contribution in [0.15, 0.2) is 12.3 Å². The van der Waals surface area contributed by atoms with Gasteiger partial charge >= 0.3 is 0 Å². The zero-order valence-corrected chi connectivity index (χ0v) is 6.57. The molecular weight excluding hydrogens is 144 g/mol. The Morgan fingerprint density at radius 3 is 2.64 bits per heavy atom. The zero-order valence-electron chi connectivity index (χ0n) is 6.57. The topological polar surface area (TPSA) is 48.1 Å². The van der Waals surface area contributed by atoms with Gasteiger partial charge in [0.2, 0.25) is 0 Å². The maximum atomic E-state index is 10.3. The molecule has 0 saturated carbocycles. The Labute approximate surface area is 64.6 Å². The van der Waals surface area contributed by atoms with E-state index in [1.54, 1.807) is 13.1 Å². The minimum Gasteiger partial charge on any atom is -0.346 e. The molecule has 0 aliphatic carbocycles. The van der Waals surface area contributed by atoms with Crippen LogP contribution in [-0.2, 0) is 6.54 Å². The van der Waals surface area contributed by atoms with Gasteiger partial charge in [0.25, 0.3) is 5.69 Å². The molecule has 0 aliphatic rings. The molecule has 0 fully saturated rings. The van der Waals surface area contributed by atoms with E-state index in [-0.39, 0.29) is 10.6 Å². The number of aromatic nitrogens is 1. The number of rotatable bonds is 2. The average Bonchev–Trinajstić information content (AvgIpc) is 2.30. The van der Waals surface area contributed by atoms with E-state index in [0.717, 1.165) is 12.2 Å². The molecule has 1 aromatic heterocycles. The van der Waals surface area contributed by atoms with Gasteiger partial charge in [-0.2, -0.15) is 0 Å². The lowest BCUT2D eigenvalue weighted by atomic mass is 10.4. The molecule has 0 aromatic carbocycles. The minimum absolute atomic E-state index is 0.201. The number of hydrogen-bond donors (Lipinski definition) is 0. The van der Waals surface area contributed by atoms with Crippen molar-refractivity contribution < 1.29 is 4.92 Å². The molecule has 0 N–H and O–H groups in total. The maximum absolute atomic E-state index is 10.3. The molecule has 0 bridgehead atoms. The van der Waals surface area contributed by atoms with E-state index in [1.165, 1.54) is 6.07 Å². The standard InChI is InChI=1S/C7H10N2O2/c1-3-8-5-4-7(6(8)2)9(10)11/h4-5H,3H2,1-2H3. The first-order chi connectivity index (χ1) is 5.16. The van der Waals surface area contributed by atoms with E-state index >= 15 is 0 Å². The number of hydrogen-bond acceptors (Lipinski definition) is 2. The van der Waals surface area contributed by atoms with Gasteiger partial charge in [-0.15, -0.1) is 0 Å². The normalized spacial score (nSPS) is 10.0. The third-order valence-electron chi connectivity index (χ3n) is 1.75. The number of aryl methyl sites for hydroxylation is 1. The molecule has 11 heavy (non-hydrogen) atoms. The van der Waals surface area contributed by atoms with Gasteiger partial charge in [0.05, 0.1) is 10.6 Å². The van der Waals surface area contributed by atoms with Crippen LogP contribution in [0.25, 0.3) is 0 Å². The second-order valence-electron chi connectivity index (χ2n) is 2.33. The lowest BCUT2D eigenvalue weighted by Crippen LogP contribution is -1.96. The van der Waals surface area contributed by atoms with Crippen molar-refractivity contribution in [3.63, 3.8) is 0 Å². The second kappa shape index (κ2) is 2.74. The van der Waals surface area contributed by atoms with E-state index in [1.807, 2.05) is 11.5 Å². The van der Waals surface area contributed by atoms with Crippen LogP contribution in [0, 0.1) is 17.0 Å². The Bertz CT molecular complexity index is 278. The van der Waals surface area contributed by atoms with Crippen LogP contribution >= 0.6 is 0 Å². The van der Waals surface area contributed by atoms with Crippen molar-refractivity contribution in [1.29, 1.82) is 0 Å². The maximum Gasteiger partial charge on any atom is 0.289 e. The van der Waals surface area contributed by atoms with Crippen LogP contribution in [-0.4, -0.2) is 9.49 Å². The summed E-state index contributed by atoms with van der Waals surface area (Å²) in [5, 5.41) is 10.3. The van der Waals surface area contributed by atoms with Crippen LogP contribution < -0.4 is 0 Å². The van der Waals surface area contributed by atoms with Gasteiger partial charge in [-0.05, 0) is 13.8 Å². The summed E-state index contributed by atoms with van der Waals surface area (Å²) in [7, 11) is 0. The van der Waals surface area contributed by atoms with E-state index in [2.05, 4.69) is 0 Å². The summed E-state index contributed by atoms with van der Waals surface area (Å²) >= 11 is 0. The van der Waals surface area contributed by atoms with E-state index in [9.17, 15) is 10.1 Å². The Morgan fingerprint density at radius 2 is 2.36 bits per heavy atom. The summed E-state index contributed by atoms with van der Waals surface area (Å²) in [6, 6.07) is 1.53. The van der Waals surface area contributed by atoms with Crippen molar-refractivity contribution in [2.75, 3.05) is 0 Å². The summed E-state index contributed by atoms with van der Waals surface area (Å²) in [6.07, 6.45) is 1.73. The summed E-state index contributed by atoms with van der Waals surface area (Å²) in [6.45, 7) is 4.48. The Balaban J connectivity index is 3.10. The lowest BCUT2D eigenvalue weighted by Gasteiger charge is -1.97. The third kappa shape index (κ3) is 1.24. The van der Waals surface area contributed by atoms with Crippen LogP contribution in [0.4, 0.5) is 5.69 Å². The van der Waals surface area contributed by atoms with Gasteiger partial charge < -0.3 is 4.57 Å². The fourth-order valence-corrected chi connectivity index (χ4v) is 1.08. The molecule has 1 rings (SSSR count). The van der Waals surface area contributed by atoms with Gasteiger partial charge in [0.15, 0.2) is 0 Å². The molecule has 4 nitrogen and oxygen atoms in total. The average molecular weight is 154 g/mol. The Hall–Kier alpha value is -1.32. The zero-order chi connectivity index (χ0) is 8.43. The predicted octanol–water partition coefficient (Wildman–Crippen LogP) is 1.72. The van der Waals surface area contributed by atoms with Crippen LogP contribution in [0.3, 0.4) is 0 Å². The van der Waals surface area contributed by atoms with Crippen molar-refractivity contribution >= 4 is 5.69 Å². The first-order valence-electron chi connectivity index (χ1n) is 3.47. The molecule has 0 radical (unpaired) electrons. The smallest absolute Gasteiger partial charge is 0.289 e. The fourth-order valence-electron chi connectivity index (χ4n) is 1.08. The highest BCUT2D eigenvalue weighted by atomic mass is 16.6. The van der Waals surface area contributed by atoms with Crippen LogP contribution in [0.5, 0.6) is 0 Å². The van der Waals surface area contributed by atoms with Crippen molar-refractivity contribution in [1.82, 2.24) is 4.57 Å². The summed E-state index contributed by atoms with van der Waals surface area (Å²) in [4.78, 5) is 9.98. The van der Waals surface area contributed by atoms with Gasteiger partial charge in [-0.3, -0.25) is 10.1 Å². The molecule has 60 valence electrons. The molecule has 0 aliphatic heterocycles. The quantitative estimate of drug-likeness (QED) is 0.481. The highest BCUT2D eigenvalue weighted by Crippen LogP contribution is 2.17. The SMILES string of the molecule is CCn1ccc([N+](=O)[O-])c1C. The highest BCUT2D eigenvalue weighted by molar-refractivity contribution is 5.35. The molecule has 1 aromatic rings. The molecule has 0 unspecified atom stereocenters. The van der Waals surface area contributed by atoms with Gasteiger partial charge in [0.1, 0.15) is 0 Å². The fraction of sp³-hybridized carbons (Fsp3) is 0.429. The van der Waals surface area contributed by atoms with Gasteiger partial charge in [-0.1, -0.05) is 0 Å². The number of nitro groups is 1. The van der Waals surface area contributed by atoms with E-state index in [0.29, 0.717) is 0 Å². The third-order valence-corrected chi connectivity index (χ3v) is 1.75. The highest BCUT2D eigenvalue weighted by Gasteiger charge is 2.12. The molecule has 0 saturated heterocycles. The van der Waals surface area contributed by atoms with Crippen molar-refractivity contribution in [3.05, 3.63) is 28.1 Å². The Morgan fingerprint density at radius 1 is 1.73 bits per heavy atom. The Kier molecular flexibility index (Phi) is 1.94. The summed E-state index contributed by atoms with van der Waals surface area (Å²) in [5.41, 5.74) is 0.921. The molecule has 0 atom stereocenters. The van der Waals surface area contributed by atoms with Crippen molar-refractivity contribution in [2.45, 2.75) is 20.4 Å². The van der Waals surface area contributed by atoms with Gasteiger partial charge in [0, 0.05) is 18.8 Å². The van der Waals surface area contributed by atoms with E-state index in [4.69, 9.17) is 0 Å². The summed E-state index contributed by atoms with van der Waals surface area (Å²) < 4.78 is 1.85.